The summed E-state index contributed by atoms with van der Waals surface area (Å²) in [5, 5.41) is 13.1. The molecule has 1 heterocycles. The molecule has 84 valence electrons. The molecule has 2 N–H and O–H groups in total. The third-order valence-corrected chi connectivity index (χ3v) is 3.31. The highest BCUT2D eigenvalue weighted by Crippen LogP contribution is 2.39. The third-order valence-electron chi connectivity index (χ3n) is 3.10. The fraction of sp³-hybridized carbons (Fsp3) is 0.636. The second kappa shape index (κ2) is 4.16. The lowest BCUT2D eigenvalue weighted by Gasteiger charge is -2.28. The van der Waals surface area contributed by atoms with E-state index in [2.05, 4.69) is 12.2 Å². The van der Waals surface area contributed by atoms with Crippen molar-refractivity contribution in [1.82, 2.24) is 5.32 Å². The highest BCUT2D eigenvalue weighted by molar-refractivity contribution is 6.28. The summed E-state index contributed by atoms with van der Waals surface area (Å²) in [6.45, 7) is 2.82. The molecule has 1 aromatic rings. The normalized spacial score (nSPS) is 20.2. The second-order valence-electron chi connectivity index (χ2n) is 4.41. The Balaban J connectivity index is 1.91. The SMILES string of the molecule is CC(CO)(NCc1ccc(Cl)o1)C1CC1. The first-order valence-corrected chi connectivity index (χ1v) is 5.62. The molecule has 15 heavy (non-hydrogen) atoms. The summed E-state index contributed by atoms with van der Waals surface area (Å²) in [4.78, 5) is 0. The Morgan fingerprint density at radius 1 is 1.60 bits per heavy atom. The van der Waals surface area contributed by atoms with Crippen LogP contribution in [0.5, 0.6) is 0 Å². The third kappa shape index (κ3) is 2.54. The summed E-state index contributed by atoms with van der Waals surface area (Å²) in [6.07, 6.45) is 2.39. The monoisotopic (exact) mass is 229 g/mol. The van der Waals surface area contributed by atoms with E-state index in [0.717, 1.165) is 5.76 Å². The Labute approximate surface area is 94.4 Å². The summed E-state index contributed by atoms with van der Waals surface area (Å²) in [7, 11) is 0. The molecule has 1 aromatic heterocycles. The van der Waals surface area contributed by atoms with Crippen molar-refractivity contribution in [3.8, 4) is 0 Å². The molecule has 0 aromatic carbocycles. The van der Waals surface area contributed by atoms with Gasteiger partial charge in [0.1, 0.15) is 5.76 Å². The number of furan rings is 1. The van der Waals surface area contributed by atoms with Gasteiger partial charge in [-0.15, -0.1) is 0 Å². The summed E-state index contributed by atoms with van der Waals surface area (Å²) < 4.78 is 5.24. The fourth-order valence-electron chi connectivity index (χ4n) is 1.79. The molecule has 4 heteroatoms. The largest absolute Gasteiger partial charge is 0.448 e. The van der Waals surface area contributed by atoms with Gasteiger partial charge in [-0.05, 0) is 49.4 Å². The zero-order valence-corrected chi connectivity index (χ0v) is 9.55. The molecule has 1 fully saturated rings. The van der Waals surface area contributed by atoms with Crippen molar-refractivity contribution in [3.05, 3.63) is 23.1 Å². The molecule has 1 saturated carbocycles. The van der Waals surface area contributed by atoms with Crippen LogP contribution in [0.2, 0.25) is 5.22 Å². The minimum Gasteiger partial charge on any atom is -0.448 e. The van der Waals surface area contributed by atoms with E-state index in [1.807, 2.05) is 6.07 Å². The first-order valence-electron chi connectivity index (χ1n) is 5.24. The summed E-state index contributed by atoms with van der Waals surface area (Å²) in [6, 6.07) is 3.58. The predicted octanol–water partition coefficient (Wildman–Crippen LogP) is 2.18. The number of aliphatic hydroxyl groups excluding tert-OH is 1. The van der Waals surface area contributed by atoms with Crippen LogP contribution in [-0.2, 0) is 6.54 Å². The van der Waals surface area contributed by atoms with E-state index in [0.29, 0.717) is 17.7 Å². The van der Waals surface area contributed by atoms with Gasteiger partial charge in [0, 0.05) is 5.54 Å². The average Bonchev–Trinajstić information content (AvgIpc) is 3.00. The van der Waals surface area contributed by atoms with Crippen LogP contribution in [0.25, 0.3) is 0 Å². The van der Waals surface area contributed by atoms with Crippen molar-refractivity contribution < 1.29 is 9.52 Å². The van der Waals surface area contributed by atoms with E-state index in [4.69, 9.17) is 16.0 Å². The smallest absolute Gasteiger partial charge is 0.193 e. The van der Waals surface area contributed by atoms with Crippen LogP contribution >= 0.6 is 11.6 Å². The standard InChI is InChI=1S/C11H16ClNO2/c1-11(7-14,8-2-3-8)13-6-9-4-5-10(12)15-9/h4-5,8,13-14H,2-3,6-7H2,1H3. The van der Waals surface area contributed by atoms with Gasteiger partial charge in [-0.25, -0.2) is 0 Å². The Hall–Kier alpha value is -0.510. The van der Waals surface area contributed by atoms with Gasteiger partial charge >= 0.3 is 0 Å². The summed E-state index contributed by atoms with van der Waals surface area (Å²) in [5.41, 5.74) is -0.181. The van der Waals surface area contributed by atoms with Crippen LogP contribution in [0.3, 0.4) is 0 Å². The van der Waals surface area contributed by atoms with Gasteiger partial charge in [0.05, 0.1) is 13.2 Å². The number of hydrogen-bond acceptors (Lipinski definition) is 3. The highest BCUT2D eigenvalue weighted by Gasteiger charge is 2.40. The van der Waals surface area contributed by atoms with E-state index >= 15 is 0 Å². The molecule has 1 unspecified atom stereocenters. The van der Waals surface area contributed by atoms with Crippen LogP contribution in [0.1, 0.15) is 25.5 Å². The molecule has 0 bridgehead atoms. The van der Waals surface area contributed by atoms with Gasteiger partial charge in [-0.1, -0.05) is 0 Å². The molecule has 2 rings (SSSR count). The van der Waals surface area contributed by atoms with Crippen molar-refractivity contribution in [1.29, 1.82) is 0 Å². The minimum atomic E-state index is -0.181. The quantitative estimate of drug-likeness (QED) is 0.814. The predicted molar refractivity (Wildman–Crippen MR) is 58.8 cm³/mol. The first kappa shape index (κ1) is 11.0. The Morgan fingerprint density at radius 3 is 2.80 bits per heavy atom. The lowest BCUT2D eigenvalue weighted by atomic mass is 9.97. The van der Waals surface area contributed by atoms with Gasteiger partial charge in [0.25, 0.3) is 0 Å². The molecule has 3 nitrogen and oxygen atoms in total. The maximum absolute atomic E-state index is 9.36. The van der Waals surface area contributed by atoms with Crippen molar-refractivity contribution in [2.45, 2.75) is 31.8 Å². The van der Waals surface area contributed by atoms with Crippen molar-refractivity contribution in [3.63, 3.8) is 0 Å². The molecule has 0 radical (unpaired) electrons. The lowest BCUT2D eigenvalue weighted by Crippen LogP contribution is -2.47. The number of rotatable bonds is 5. The van der Waals surface area contributed by atoms with Gasteiger partial charge in [-0.3, -0.25) is 0 Å². The Morgan fingerprint density at radius 2 is 2.33 bits per heavy atom. The van der Waals surface area contributed by atoms with E-state index in [-0.39, 0.29) is 12.1 Å². The van der Waals surface area contributed by atoms with E-state index in [9.17, 15) is 5.11 Å². The van der Waals surface area contributed by atoms with E-state index in [1.165, 1.54) is 12.8 Å². The number of aliphatic hydroxyl groups is 1. The molecule has 0 saturated heterocycles. The van der Waals surface area contributed by atoms with Crippen molar-refractivity contribution in [2.75, 3.05) is 6.61 Å². The molecule has 0 spiro atoms. The Kier molecular flexibility index (Phi) is 3.05. The average molecular weight is 230 g/mol. The summed E-state index contributed by atoms with van der Waals surface area (Å²) in [5.74, 6) is 1.40. The number of halogens is 1. The van der Waals surface area contributed by atoms with Crippen LogP contribution in [-0.4, -0.2) is 17.3 Å². The van der Waals surface area contributed by atoms with Gasteiger partial charge in [0.2, 0.25) is 0 Å². The fourth-order valence-corrected chi connectivity index (χ4v) is 1.95. The zero-order valence-electron chi connectivity index (χ0n) is 8.79. The van der Waals surface area contributed by atoms with Crippen molar-refractivity contribution in [2.24, 2.45) is 5.92 Å². The van der Waals surface area contributed by atoms with E-state index in [1.54, 1.807) is 6.07 Å². The molecular formula is C11H16ClNO2. The number of nitrogens with one attached hydrogen (secondary N) is 1. The molecule has 1 aliphatic carbocycles. The van der Waals surface area contributed by atoms with Gasteiger partial charge in [-0.2, -0.15) is 0 Å². The second-order valence-corrected chi connectivity index (χ2v) is 4.78. The van der Waals surface area contributed by atoms with Gasteiger partial charge in [0.15, 0.2) is 5.22 Å². The number of hydrogen-bond donors (Lipinski definition) is 2. The first-order chi connectivity index (χ1) is 7.14. The van der Waals surface area contributed by atoms with Crippen LogP contribution in [0, 0.1) is 5.92 Å². The zero-order chi connectivity index (χ0) is 10.9. The Bertz CT molecular complexity index is 335. The highest BCUT2D eigenvalue weighted by atomic mass is 35.5. The maximum Gasteiger partial charge on any atom is 0.193 e. The molecule has 1 aliphatic rings. The molecule has 0 amide bonds. The summed E-state index contributed by atoms with van der Waals surface area (Å²) >= 11 is 5.68. The van der Waals surface area contributed by atoms with Crippen LogP contribution in [0.15, 0.2) is 16.5 Å². The topological polar surface area (TPSA) is 45.4 Å². The van der Waals surface area contributed by atoms with Crippen LogP contribution < -0.4 is 5.32 Å². The maximum atomic E-state index is 9.36. The lowest BCUT2D eigenvalue weighted by molar-refractivity contribution is 0.151. The van der Waals surface area contributed by atoms with Gasteiger partial charge < -0.3 is 14.8 Å². The molecule has 1 atom stereocenters. The van der Waals surface area contributed by atoms with Crippen LogP contribution in [0.4, 0.5) is 0 Å². The molecule has 0 aliphatic heterocycles. The van der Waals surface area contributed by atoms with E-state index < -0.39 is 0 Å². The molecular weight excluding hydrogens is 214 g/mol. The van der Waals surface area contributed by atoms with Crippen molar-refractivity contribution >= 4 is 11.6 Å². The minimum absolute atomic E-state index is 0.159.